The molecule has 3 nitrogen and oxygen atoms in total. The molecule has 28 heavy (non-hydrogen) atoms. The molecule has 0 aliphatic heterocycles. The molecule has 0 fully saturated rings. The van der Waals surface area contributed by atoms with Crippen molar-refractivity contribution in [3.05, 3.63) is 102 Å². The number of benzene rings is 3. The largest absolute Gasteiger partial charge is 0.355 e. The van der Waals surface area contributed by atoms with E-state index in [1.165, 1.54) is 5.56 Å². The van der Waals surface area contributed by atoms with Crippen molar-refractivity contribution in [1.82, 2.24) is 5.32 Å². The molecule has 4 heteroatoms. The summed E-state index contributed by atoms with van der Waals surface area (Å²) in [5, 5.41) is 2.49. The number of rotatable bonds is 8. The van der Waals surface area contributed by atoms with Crippen molar-refractivity contribution >= 4 is 16.7 Å². The van der Waals surface area contributed by atoms with Crippen LogP contribution in [0.2, 0.25) is 0 Å². The lowest BCUT2D eigenvalue weighted by Gasteiger charge is -2.19. The average molecular weight is 392 g/mol. The summed E-state index contributed by atoms with van der Waals surface area (Å²) in [4.78, 5) is 12.8. The molecule has 0 aliphatic carbocycles. The van der Waals surface area contributed by atoms with Gasteiger partial charge in [-0.15, -0.1) is 0 Å². The van der Waals surface area contributed by atoms with Crippen molar-refractivity contribution in [2.45, 2.75) is 29.4 Å². The van der Waals surface area contributed by atoms with Crippen LogP contribution in [0, 0.1) is 0 Å². The first-order chi connectivity index (χ1) is 13.7. The maximum absolute atomic E-state index is 13.6. The smallest absolute Gasteiger partial charge is 0.252 e. The first-order valence-electron chi connectivity index (χ1n) is 9.51. The molecule has 0 saturated heterocycles. The predicted octanol–water partition coefficient (Wildman–Crippen LogP) is 4.92. The van der Waals surface area contributed by atoms with Gasteiger partial charge in [0.05, 0.1) is 26.5 Å². The Balaban J connectivity index is 1.85. The van der Waals surface area contributed by atoms with E-state index in [-0.39, 0.29) is 11.2 Å². The van der Waals surface area contributed by atoms with Crippen molar-refractivity contribution < 1.29 is 9.00 Å². The van der Waals surface area contributed by atoms with Crippen LogP contribution in [-0.4, -0.2) is 17.2 Å². The van der Waals surface area contributed by atoms with Gasteiger partial charge in [0, 0.05) is 7.05 Å². The topological polar surface area (TPSA) is 46.2 Å². The molecule has 0 aromatic heterocycles. The van der Waals surface area contributed by atoms with Crippen LogP contribution in [0.25, 0.3) is 0 Å². The van der Waals surface area contributed by atoms with E-state index in [0.29, 0.717) is 10.5 Å². The van der Waals surface area contributed by atoms with E-state index in [1.54, 1.807) is 25.2 Å². The van der Waals surface area contributed by atoms with E-state index in [1.807, 2.05) is 54.6 Å². The minimum Gasteiger partial charge on any atom is -0.355 e. The molecule has 0 saturated carbocycles. The SMILES string of the molecule is CNC(=O)c1ccccc1S(=O)[C@H](CCCc1ccccc1)c1ccccc1. The fraction of sp³-hybridized carbons (Fsp3) is 0.208. The van der Waals surface area contributed by atoms with Gasteiger partial charge in [-0.05, 0) is 42.5 Å². The van der Waals surface area contributed by atoms with Gasteiger partial charge in [0.25, 0.3) is 5.91 Å². The molecule has 2 atom stereocenters. The third kappa shape index (κ3) is 4.96. The molecule has 3 aromatic carbocycles. The van der Waals surface area contributed by atoms with E-state index in [4.69, 9.17) is 0 Å². The highest BCUT2D eigenvalue weighted by molar-refractivity contribution is 7.85. The first kappa shape index (κ1) is 20.0. The molecule has 1 N–H and O–H groups in total. The van der Waals surface area contributed by atoms with Crippen molar-refractivity contribution in [2.75, 3.05) is 7.05 Å². The Morgan fingerprint density at radius 3 is 2.18 bits per heavy atom. The highest BCUT2D eigenvalue weighted by Gasteiger charge is 2.24. The minimum atomic E-state index is -1.32. The molecule has 3 aromatic rings. The van der Waals surface area contributed by atoms with Gasteiger partial charge in [-0.2, -0.15) is 0 Å². The molecule has 1 unspecified atom stereocenters. The summed E-state index contributed by atoms with van der Waals surface area (Å²) in [5.41, 5.74) is 2.80. The number of carbonyl (C=O) groups excluding carboxylic acids is 1. The lowest BCUT2D eigenvalue weighted by molar-refractivity contribution is 0.0960. The van der Waals surface area contributed by atoms with Crippen LogP contribution >= 0.6 is 0 Å². The van der Waals surface area contributed by atoms with Gasteiger partial charge < -0.3 is 5.32 Å². The van der Waals surface area contributed by atoms with Crippen molar-refractivity contribution in [2.24, 2.45) is 0 Å². The maximum Gasteiger partial charge on any atom is 0.252 e. The van der Waals surface area contributed by atoms with Crippen molar-refractivity contribution in [3.8, 4) is 0 Å². The van der Waals surface area contributed by atoms with Gasteiger partial charge in [-0.1, -0.05) is 72.8 Å². The van der Waals surface area contributed by atoms with Gasteiger partial charge in [0.2, 0.25) is 0 Å². The quantitative estimate of drug-likeness (QED) is 0.592. The molecular formula is C24H25NO2S. The normalized spacial score (nSPS) is 12.9. The van der Waals surface area contributed by atoms with Gasteiger partial charge in [-0.25, -0.2) is 0 Å². The Morgan fingerprint density at radius 1 is 0.893 bits per heavy atom. The van der Waals surface area contributed by atoms with E-state index in [9.17, 15) is 9.00 Å². The second kappa shape index (κ2) is 10.00. The second-order valence-electron chi connectivity index (χ2n) is 6.65. The van der Waals surface area contributed by atoms with Crippen LogP contribution < -0.4 is 5.32 Å². The molecule has 0 bridgehead atoms. The lowest BCUT2D eigenvalue weighted by Crippen LogP contribution is -2.21. The first-order valence-corrected chi connectivity index (χ1v) is 10.7. The van der Waals surface area contributed by atoms with Crippen LogP contribution in [0.1, 0.15) is 39.6 Å². The highest BCUT2D eigenvalue weighted by Crippen LogP contribution is 2.31. The number of aryl methyl sites for hydroxylation is 1. The van der Waals surface area contributed by atoms with Crippen LogP contribution in [0.5, 0.6) is 0 Å². The zero-order chi connectivity index (χ0) is 19.8. The van der Waals surface area contributed by atoms with Gasteiger partial charge in [0.15, 0.2) is 0 Å². The highest BCUT2D eigenvalue weighted by atomic mass is 32.2. The van der Waals surface area contributed by atoms with Gasteiger partial charge in [0.1, 0.15) is 0 Å². The molecular weight excluding hydrogens is 366 g/mol. The number of carbonyl (C=O) groups is 1. The summed E-state index contributed by atoms with van der Waals surface area (Å²) in [6, 6.07) is 27.5. The minimum absolute atomic E-state index is 0.157. The van der Waals surface area contributed by atoms with Gasteiger partial charge >= 0.3 is 0 Å². The number of nitrogens with one attached hydrogen (secondary N) is 1. The van der Waals surface area contributed by atoms with Gasteiger partial charge in [-0.3, -0.25) is 9.00 Å². The lowest BCUT2D eigenvalue weighted by atomic mass is 10.0. The fourth-order valence-electron chi connectivity index (χ4n) is 3.32. The summed E-state index contributed by atoms with van der Waals surface area (Å²) >= 11 is 0. The van der Waals surface area contributed by atoms with Crippen molar-refractivity contribution in [1.29, 1.82) is 0 Å². The third-order valence-corrected chi connectivity index (χ3v) is 6.59. The Morgan fingerprint density at radius 2 is 1.50 bits per heavy atom. The van der Waals surface area contributed by atoms with E-state index < -0.39 is 10.8 Å². The Kier molecular flexibility index (Phi) is 7.15. The molecule has 0 heterocycles. The molecule has 0 aliphatic rings. The third-order valence-electron chi connectivity index (χ3n) is 4.78. The van der Waals surface area contributed by atoms with Crippen LogP contribution in [-0.2, 0) is 17.2 Å². The van der Waals surface area contributed by atoms with Crippen molar-refractivity contribution in [3.63, 3.8) is 0 Å². The number of amides is 1. The zero-order valence-electron chi connectivity index (χ0n) is 16.0. The summed E-state index contributed by atoms with van der Waals surface area (Å²) in [6.45, 7) is 0. The van der Waals surface area contributed by atoms with E-state index in [2.05, 4.69) is 17.4 Å². The fourth-order valence-corrected chi connectivity index (χ4v) is 5.00. The Labute approximate surface area is 169 Å². The van der Waals surface area contributed by atoms with Crippen LogP contribution in [0.15, 0.2) is 89.8 Å². The molecule has 3 rings (SSSR count). The maximum atomic E-state index is 13.6. The summed E-state index contributed by atoms with van der Waals surface area (Å²) in [6.07, 6.45) is 2.66. The molecule has 144 valence electrons. The van der Waals surface area contributed by atoms with E-state index >= 15 is 0 Å². The van der Waals surface area contributed by atoms with Crippen LogP contribution in [0.4, 0.5) is 0 Å². The Bertz CT molecular complexity index is 926. The zero-order valence-corrected chi connectivity index (χ0v) is 16.8. The summed E-state index contributed by atoms with van der Waals surface area (Å²) in [7, 11) is 0.269. The average Bonchev–Trinajstić information content (AvgIpc) is 2.77. The molecule has 1 amide bonds. The number of hydrogen-bond acceptors (Lipinski definition) is 2. The second-order valence-corrected chi connectivity index (χ2v) is 8.25. The summed E-state index contributed by atoms with van der Waals surface area (Å²) in [5.74, 6) is -0.208. The van der Waals surface area contributed by atoms with E-state index in [0.717, 1.165) is 24.8 Å². The summed E-state index contributed by atoms with van der Waals surface area (Å²) < 4.78 is 13.6. The standard InChI is InChI=1S/C24H25NO2S/c1-25-24(26)21-16-8-9-17-23(21)28(27)22(20-14-6-3-7-15-20)18-10-13-19-11-4-2-5-12-19/h2-9,11-12,14-17,22H,10,13,18H2,1H3,(H,25,26)/t22-,28?/m1/s1. The molecule has 0 spiro atoms. The predicted molar refractivity (Wildman–Crippen MR) is 115 cm³/mol. The monoisotopic (exact) mass is 391 g/mol. The number of hydrogen-bond donors (Lipinski definition) is 1. The van der Waals surface area contributed by atoms with Crippen LogP contribution in [0.3, 0.4) is 0 Å². The molecule has 0 radical (unpaired) electrons. The Hall–Kier alpha value is -2.72.